The van der Waals surface area contributed by atoms with Gasteiger partial charge in [0, 0.05) is 4.83 Å². The van der Waals surface area contributed by atoms with E-state index < -0.39 is 0 Å². The van der Waals surface area contributed by atoms with Crippen LogP contribution in [0.1, 0.15) is 12.5 Å². The number of para-hydroxylation sites is 1. The Hall–Kier alpha value is -0.700. The Bertz CT molecular complexity index is 284. The van der Waals surface area contributed by atoms with Crippen molar-refractivity contribution in [1.82, 2.24) is 0 Å². The lowest BCUT2D eigenvalue weighted by Crippen LogP contribution is -1.97. The summed E-state index contributed by atoms with van der Waals surface area (Å²) in [4.78, 5) is 0.352. The van der Waals surface area contributed by atoms with E-state index in [4.69, 9.17) is 4.74 Å². The standard InChI is InChI=1S/C10H13BrO2/c1-7(11)6-8-4-3-5-9(13-2)10(8)12/h3-5,7,12H,6H2,1-2H3. The van der Waals surface area contributed by atoms with Crippen LogP contribution in [-0.4, -0.2) is 17.0 Å². The summed E-state index contributed by atoms with van der Waals surface area (Å²) in [7, 11) is 1.55. The predicted octanol–water partition coefficient (Wildman–Crippen LogP) is 2.73. The van der Waals surface area contributed by atoms with Crippen molar-refractivity contribution in [2.45, 2.75) is 18.2 Å². The molecule has 0 aliphatic rings. The summed E-state index contributed by atoms with van der Waals surface area (Å²) in [5, 5.41) is 9.69. The zero-order chi connectivity index (χ0) is 9.84. The maximum absolute atomic E-state index is 9.69. The van der Waals surface area contributed by atoms with Crippen LogP contribution >= 0.6 is 15.9 Å². The Balaban J connectivity index is 2.94. The first-order valence-corrected chi connectivity index (χ1v) is 5.05. The molecule has 72 valence electrons. The second kappa shape index (κ2) is 4.51. The number of rotatable bonds is 3. The minimum atomic E-state index is 0.247. The van der Waals surface area contributed by atoms with Crippen LogP contribution in [0.4, 0.5) is 0 Å². The lowest BCUT2D eigenvalue weighted by atomic mass is 10.1. The molecule has 1 aromatic rings. The molecule has 1 aromatic carbocycles. The largest absolute Gasteiger partial charge is 0.504 e. The molecule has 0 amide bonds. The Morgan fingerprint density at radius 2 is 2.23 bits per heavy atom. The average Bonchev–Trinajstić information content (AvgIpc) is 2.08. The molecule has 0 aliphatic carbocycles. The van der Waals surface area contributed by atoms with Crippen LogP contribution in [-0.2, 0) is 6.42 Å². The summed E-state index contributed by atoms with van der Waals surface area (Å²) in [6, 6.07) is 5.52. The summed E-state index contributed by atoms with van der Waals surface area (Å²) in [5.41, 5.74) is 0.906. The van der Waals surface area contributed by atoms with Gasteiger partial charge in [-0.2, -0.15) is 0 Å². The van der Waals surface area contributed by atoms with Crippen LogP contribution in [0.2, 0.25) is 0 Å². The third-order valence-electron chi connectivity index (χ3n) is 1.80. The normalized spacial score (nSPS) is 12.5. The van der Waals surface area contributed by atoms with Crippen molar-refractivity contribution in [3.8, 4) is 11.5 Å². The molecular weight excluding hydrogens is 232 g/mol. The van der Waals surface area contributed by atoms with E-state index in [1.165, 1.54) is 0 Å². The third-order valence-corrected chi connectivity index (χ3v) is 2.13. The Kier molecular flexibility index (Phi) is 3.60. The first kappa shape index (κ1) is 10.4. The number of hydrogen-bond acceptors (Lipinski definition) is 2. The smallest absolute Gasteiger partial charge is 0.160 e. The van der Waals surface area contributed by atoms with E-state index in [0.717, 1.165) is 12.0 Å². The SMILES string of the molecule is COc1cccc(CC(C)Br)c1O. The molecule has 0 spiro atoms. The van der Waals surface area contributed by atoms with Gasteiger partial charge in [0.1, 0.15) is 0 Å². The second-order valence-electron chi connectivity index (χ2n) is 2.95. The number of phenols is 1. The fourth-order valence-electron chi connectivity index (χ4n) is 1.20. The highest BCUT2D eigenvalue weighted by atomic mass is 79.9. The lowest BCUT2D eigenvalue weighted by Gasteiger charge is -2.09. The maximum atomic E-state index is 9.69. The molecule has 1 unspecified atom stereocenters. The molecule has 0 aliphatic heterocycles. The van der Waals surface area contributed by atoms with Gasteiger partial charge in [-0.1, -0.05) is 35.0 Å². The molecule has 0 heterocycles. The van der Waals surface area contributed by atoms with E-state index in [0.29, 0.717) is 10.6 Å². The van der Waals surface area contributed by atoms with E-state index in [9.17, 15) is 5.11 Å². The van der Waals surface area contributed by atoms with Gasteiger partial charge in [0.25, 0.3) is 0 Å². The molecule has 1 atom stereocenters. The summed E-state index contributed by atoms with van der Waals surface area (Å²) in [6.07, 6.45) is 0.795. The monoisotopic (exact) mass is 244 g/mol. The van der Waals surface area contributed by atoms with Crippen molar-refractivity contribution in [2.24, 2.45) is 0 Å². The number of methoxy groups -OCH3 is 1. The Morgan fingerprint density at radius 3 is 2.77 bits per heavy atom. The highest BCUT2D eigenvalue weighted by molar-refractivity contribution is 9.09. The van der Waals surface area contributed by atoms with Gasteiger partial charge < -0.3 is 9.84 Å². The Labute approximate surface area is 86.7 Å². The van der Waals surface area contributed by atoms with E-state index in [1.54, 1.807) is 13.2 Å². The summed E-state index contributed by atoms with van der Waals surface area (Å²) < 4.78 is 5.00. The highest BCUT2D eigenvalue weighted by Gasteiger charge is 2.08. The molecule has 0 radical (unpaired) electrons. The number of halogens is 1. The van der Waals surface area contributed by atoms with Crippen LogP contribution in [0.5, 0.6) is 11.5 Å². The quantitative estimate of drug-likeness (QED) is 0.829. The number of phenolic OH excluding ortho intramolecular Hbond substituents is 1. The molecule has 2 nitrogen and oxygen atoms in total. The van der Waals surface area contributed by atoms with E-state index in [1.807, 2.05) is 19.1 Å². The molecule has 0 fully saturated rings. The van der Waals surface area contributed by atoms with Gasteiger partial charge in [-0.25, -0.2) is 0 Å². The topological polar surface area (TPSA) is 29.5 Å². The van der Waals surface area contributed by atoms with E-state index >= 15 is 0 Å². The number of aromatic hydroxyl groups is 1. The fourth-order valence-corrected chi connectivity index (χ4v) is 1.55. The van der Waals surface area contributed by atoms with Crippen molar-refractivity contribution in [1.29, 1.82) is 0 Å². The summed E-state index contributed by atoms with van der Waals surface area (Å²) in [5.74, 6) is 0.780. The second-order valence-corrected chi connectivity index (χ2v) is 4.52. The zero-order valence-corrected chi connectivity index (χ0v) is 9.34. The van der Waals surface area contributed by atoms with Gasteiger partial charge in [0.15, 0.2) is 11.5 Å². The van der Waals surface area contributed by atoms with Crippen LogP contribution < -0.4 is 4.74 Å². The van der Waals surface area contributed by atoms with Crippen molar-refractivity contribution in [3.05, 3.63) is 23.8 Å². The van der Waals surface area contributed by atoms with Gasteiger partial charge in [0.2, 0.25) is 0 Å². The highest BCUT2D eigenvalue weighted by Crippen LogP contribution is 2.30. The van der Waals surface area contributed by atoms with Crippen molar-refractivity contribution >= 4 is 15.9 Å². The van der Waals surface area contributed by atoms with Gasteiger partial charge in [0.05, 0.1) is 7.11 Å². The fraction of sp³-hybridized carbons (Fsp3) is 0.400. The number of ether oxygens (including phenoxy) is 1. The van der Waals surface area contributed by atoms with E-state index in [-0.39, 0.29) is 5.75 Å². The van der Waals surface area contributed by atoms with Crippen LogP contribution in [0.3, 0.4) is 0 Å². The number of benzene rings is 1. The minimum Gasteiger partial charge on any atom is -0.504 e. The molecule has 13 heavy (non-hydrogen) atoms. The molecule has 0 aromatic heterocycles. The van der Waals surface area contributed by atoms with E-state index in [2.05, 4.69) is 15.9 Å². The van der Waals surface area contributed by atoms with Crippen LogP contribution in [0.25, 0.3) is 0 Å². The molecule has 0 saturated heterocycles. The number of hydrogen-bond donors (Lipinski definition) is 1. The summed E-state index contributed by atoms with van der Waals surface area (Å²) in [6.45, 7) is 2.04. The van der Waals surface area contributed by atoms with Gasteiger partial charge in [-0.05, 0) is 18.1 Å². The maximum Gasteiger partial charge on any atom is 0.160 e. The number of alkyl halides is 1. The molecule has 1 rings (SSSR count). The van der Waals surface area contributed by atoms with Crippen LogP contribution in [0.15, 0.2) is 18.2 Å². The van der Waals surface area contributed by atoms with Gasteiger partial charge in [-0.15, -0.1) is 0 Å². The summed E-state index contributed by atoms with van der Waals surface area (Å²) >= 11 is 3.44. The van der Waals surface area contributed by atoms with Crippen molar-refractivity contribution < 1.29 is 9.84 Å². The molecular formula is C10H13BrO2. The third kappa shape index (κ3) is 2.62. The molecule has 0 bridgehead atoms. The molecule has 0 saturated carbocycles. The van der Waals surface area contributed by atoms with Gasteiger partial charge in [-0.3, -0.25) is 0 Å². The lowest BCUT2D eigenvalue weighted by molar-refractivity contribution is 0.370. The first-order chi connectivity index (χ1) is 6.15. The van der Waals surface area contributed by atoms with Crippen LogP contribution in [0, 0.1) is 0 Å². The average molecular weight is 245 g/mol. The first-order valence-electron chi connectivity index (χ1n) is 4.14. The Morgan fingerprint density at radius 1 is 1.54 bits per heavy atom. The zero-order valence-electron chi connectivity index (χ0n) is 7.75. The van der Waals surface area contributed by atoms with Crippen molar-refractivity contribution in [2.75, 3.05) is 7.11 Å². The van der Waals surface area contributed by atoms with Gasteiger partial charge >= 0.3 is 0 Å². The predicted molar refractivity (Wildman–Crippen MR) is 56.8 cm³/mol. The minimum absolute atomic E-state index is 0.247. The van der Waals surface area contributed by atoms with Crippen molar-refractivity contribution in [3.63, 3.8) is 0 Å². The molecule has 1 N–H and O–H groups in total. The molecule has 3 heteroatoms.